The van der Waals surface area contributed by atoms with Crippen molar-refractivity contribution in [2.24, 2.45) is 16.8 Å². The van der Waals surface area contributed by atoms with Gasteiger partial charge in [0.25, 0.3) is 0 Å². The first-order chi connectivity index (χ1) is 9.70. The number of rotatable bonds is 5. The summed E-state index contributed by atoms with van der Waals surface area (Å²) in [5.74, 6) is 2.90. The zero-order chi connectivity index (χ0) is 14.4. The van der Waals surface area contributed by atoms with E-state index in [1.165, 1.54) is 38.8 Å². The van der Waals surface area contributed by atoms with Gasteiger partial charge in [-0.15, -0.1) is 0 Å². The van der Waals surface area contributed by atoms with Crippen LogP contribution in [0.3, 0.4) is 0 Å². The van der Waals surface area contributed by atoms with Crippen LogP contribution in [-0.2, 0) is 4.74 Å². The zero-order valence-corrected chi connectivity index (χ0v) is 13.4. The van der Waals surface area contributed by atoms with Gasteiger partial charge in [-0.3, -0.25) is 4.99 Å². The van der Waals surface area contributed by atoms with Gasteiger partial charge in [0.15, 0.2) is 5.96 Å². The van der Waals surface area contributed by atoms with E-state index in [9.17, 15) is 0 Å². The topological polar surface area (TPSA) is 36.9 Å². The molecule has 1 heterocycles. The molecule has 4 heteroatoms. The summed E-state index contributed by atoms with van der Waals surface area (Å²) in [6.07, 6.45) is 7.05. The first kappa shape index (κ1) is 15.6. The van der Waals surface area contributed by atoms with E-state index in [1.54, 1.807) is 0 Å². The van der Waals surface area contributed by atoms with Gasteiger partial charge in [0.1, 0.15) is 0 Å². The molecule has 0 aromatic carbocycles. The zero-order valence-electron chi connectivity index (χ0n) is 13.4. The second-order valence-corrected chi connectivity index (χ2v) is 6.46. The number of aliphatic imine (C=N–C) groups is 1. The van der Waals surface area contributed by atoms with Crippen LogP contribution in [0.15, 0.2) is 4.99 Å². The van der Waals surface area contributed by atoms with E-state index in [0.717, 1.165) is 37.4 Å². The number of nitrogens with one attached hydrogen (secondary N) is 1. The highest BCUT2D eigenvalue weighted by atomic mass is 16.5. The molecule has 2 atom stereocenters. The van der Waals surface area contributed by atoms with Gasteiger partial charge in [-0.05, 0) is 44.9 Å². The highest BCUT2D eigenvalue weighted by Gasteiger charge is 2.35. The molecule has 2 rings (SSSR count). The quantitative estimate of drug-likeness (QED) is 0.478. The monoisotopic (exact) mass is 281 g/mol. The molecular weight excluding hydrogens is 250 g/mol. The summed E-state index contributed by atoms with van der Waals surface area (Å²) >= 11 is 0. The number of guanidine groups is 1. The maximum absolute atomic E-state index is 5.57. The Morgan fingerprint density at radius 3 is 2.45 bits per heavy atom. The smallest absolute Gasteiger partial charge is 0.193 e. The predicted molar refractivity (Wildman–Crippen MR) is 84.1 cm³/mol. The predicted octanol–water partition coefficient (Wildman–Crippen LogP) is 2.50. The molecule has 2 unspecified atom stereocenters. The lowest BCUT2D eigenvalue weighted by Crippen LogP contribution is -2.40. The first-order valence-corrected chi connectivity index (χ1v) is 8.28. The molecule has 0 aromatic rings. The van der Waals surface area contributed by atoms with Crippen molar-refractivity contribution in [3.8, 4) is 0 Å². The normalized spacial score (nSPS) is 27.0. The van der Waals surface area contributed by atoms with Crippen LogP contribution >= 0.6 is 0 Å². The van der Waals surface area contributed by atoms with Gasteiger partial charge in [0, 0.05) is 33.3 Å². The van der Waals surface area contributed by atoms with E-state index in [1.807, 2.05) is 7.05 Å². The van der Waals surface area contributed by atoms with Gasteiger partial charge in [-0.2, -0.15) is 0 Å². The summed E-state index contributed by atoms with van der Waals surface area (Å²) in [5.41, 5.74) is 0. The lowest BCUT2D eigenvalue weighted by molar-refractivity contribution is 0.0776. The second kappa shape index (κ2) is 7.87. The molecule has 1 N–H and O–H groups in total. The Bertz CT molecular complexity index is 303. The van der Waals surface area contributed by atoms with Crippen molar-refractivity contribution >= 4 is 5.96 Å². The Kier molecular flexibility index (Phi) is 6.14. The summed E-state index contributed by atoms with van der Waals surface area (Å²) in [7, 11) is 1.90. The fourth-order valence-corrected chi connectivity index (χ4v) is 3.50. The largest absolute Gasteiger partial charge is 0.379 e. The highest BCUT2D eigenvalue weighted by Crippen LogP contribution is 2.35. The van der Waals surface area contributed by atoms with Crippen molar-refractivity contribution in [3.05, 3.63) is 0 Å². The van der Waals surface area contributed by atoms with E-state index in [0.29, 0.717) is 6.10 Å². The third kappa shape index (κ3) is 4.37. The van der Waals surface area contributed by atoms with Gasteiger partial charge in [-0.1, -0.05) is 12.8 Å². The minimum Gasteiger partial charge on any atom is -0.379 e. The molecule has 4 nitrogen and oxygen atoms in total. The fourth-order valence-electron chi connectivity index (χ4n) is 3.50. The summed E-state index contributed by atoms with van der Waals surface area (Å²) in [4.78, 5) is 6.91. The Morgan fingerprint density at radius 1 is 1.25 bits per heavy atom. The van der Waals surface area contributed by atoms with Crippen LogP contribution in [0.2, 0.25) is 0 Å². The number of hydrogen-bond acceptors (Lipinski definition) is 2. The third-order valence-corrected chi connectivity index (χ3v) is 4.54. The van der Waals surface area contributed by atoms with Crippen molar-refractivity contribution in [2.45, 2.75) is 52.1 Å². The van der Waals surface area contributed by atoms with Gasteiger partial charge in [0.05, 0.1) is 6.10 Å². The van der Waals surface area contributed by atoms with Gasteiger partial charge >= 0.3 is 0 Å². The van der Waals surface area contributed by atoms with E-state index < -0.39 is 0 Å². The number of nitrogens with zero attached hydrogens (tertiary/aromatic N) is 2. The van der Waals surface area contributed by atoms with Crippen LogP contribution in [-0.4, -0.2) is 50.3 Å². The molecule has 1 aliphatic heterocycles. The number of likely N-dealkylation sites (tertiary alicyclic amines) is 1. The third-order valence-electron chi connectivity index (χ3n) is 4.54. The molecule has 1 saturated carbocycles. The van der Waals surface area contributed by atoms with Crippen molar-refractivity contribution in [1.82, 2.24) is 10.2 Å². The fraction of sp³-hybridized carbons (Fsp3) is 0.938. The molecule has 0 radical (unpaired) electrons. The van der Waals surface area contributed by atoms with Crippen molar-refractivity contribution < 1.29 is 4.74 Å². The number of hydrogen-bond donors (Lipinski definition) is 1. The average molecular weight is 281 g/mol. The molecule has 0 amide bonds. The SMILES string of the molecule is CN=C(NCCCOC(C)C)N1CC2CCCCC2C1. The maximum atomic E-state index is 5.57. The molecule has 0 bridgehead atoms. The lowest BCUT2D eigenvalue weighted by atomic mass is 9.82. The lowest BCUT2D eigenvalue weighted by Gasteiger charge is -2.22. The molecule has 1 aliphatic carbocycles. The van der Waals surface area contributed by atoms with Crippen LogP contribution in [0.25, 0.3) is 0 Å². The number of ether oxygens (including phenoxy) is 1. The molecular formula is C16H31N3O. The van der Waals surface area contributed by atoms with Gasteiger partial charge in [0.2, 0.25) is 0 Å². The van der Waals surface area contributed by atoms with Gasteiger partial charge < -0.3 is 15.0 Å². The van der Waals surface area contributed by atoms with Crippen LogP contribution in [0.1, 0.15) is 46.0 Å². The molecule has 2 fully saturated rings. The minimum atomic E-state index is 0.330. The summed E-state index contributed by atoms with van der Waals surface area (Å²) in [5, 5.41) is 3.49. The van der Waals surface area contributed by atoms with Crippen LogP contribution in [0.5, 0.6) is 0 Å². The highest BCUT2D eigenvalue weighted by molar-refractivity contribution is 5.80. The van der Waals surface area contributed by atoms with Crippen LogP contribution in [0.4, 0.5) is 0 Å². The van der Waals surface area contributed by atoms with Crippen molar-refractivity contribution in [1.29, 1.82) is 0 Å². The van der Waals surface area contributed by atoms with E-state index in [4.69, 9.17) is 4.74 Å². The van der Waals surface area contributed by atoms with E-state index in [-0.39, 0.29) is 0 Å². The summed E-state index contributed by atoms with van der Waals surface area (Å²) in [6, 6.07) is 0. The van der Waals surface area contributed by atoms with Crippen molar-refractivity contribution in [3.63, 3.8) is 0 Å². The maximum Gasteiger partial charge on any atom is 0.193 e. The van der Waals surface area contributed by atoms with Gasteiger partial charge in [-0.25, -0.2) is 0 Å². The van der Waals surface area contributed by atoms with Crippen LogP contribution in [0, 0.1) is 11.8 Å². The Labute approximate surface area is 124 Å². The molecule has 2 aliphatic rings. The average Bonchev–Trinajstić information content (AvgIpc) is 2.86. The Balaban J connectivity index is 1.70. The van der Waals surface area contributed by atoms with E-state index in [2.05, 4.69) is 29.1 Å². The Morgan fingerprint density at radius 2 is 1.90 bits per heavy atom. The molecule has 20 heavy (non-hydrogen) atoms. The molecule has 0 spiro atoms. The molecule has 0 aromatic heterocycles. The van der Waals surface area contributed by atoms with E-state index >= 15 is 0 Å². The first-order valence-electron chi connectivity index (χ1n) is 8.28. The summed E-state index contributed by atoms with van der Waals surface area (Å²) in [6.45, 7) is 8.34. The van der Waals surface area contributed by atoms with Crippen molar-refractivity contribution in [2.75, 3.05) is 33.3 Å². The number of fused-ring (bicyclic) bond motifs is 1. The minimum absolute atomic E-state index is 0.330. The molecule has 1 saturated heterocycles. The standard InChI is InChI=1S/C16H31N3O/c1-13(2)20-10-6-9-18-16(17-3)19-11-14-7-4-5-8-15(14)12-19/h13-15H,4-12H2,1-3H3,(H,17,18). The Hall–Kier alpha value is -0.770. The summed E-state index contributed by atoms with van der Waals surface area (Å²) < 4.78 is 5.57. The van der Waals surface area contributed by atoms with Crippen LogP contribution < -0.4 is 5.32 Å². The second-order valence-electron chi connectivity index (χ2n) is 6.46. The molecule has 116 valence electrons.